The number of hydrogen-bond acceptors (Lipinski definition) is 4. The summed E-state index contributed by atoms with van der Waals surface area (Å²) in [7, 11) is 0. The van der Waals surface area contributed by atoms with Crippen LogP contribution < -0.4 is 9.64 Å². The molecule has 102 valence electrons. The second-order valence-corrected chi connectivity index (χ2v) is 5.06. The minimum absolute atomic E-state index is 0.0744. The highest BCUT2D eigenvalue weighted by molar-refractivity contribution is 7.08. The molecule has 0 atom stereocenters. The summed E-state index contributed by atoms with van der Waals surface area (Å²) in [5, 5.41) is 12.8. The number of amides is 1. The number of aromatic carboxylic acids is 1. The van der Waals surface area contributed by atoms with E-state index < -0.39 is 5.97 Å². The maximum atomic E-state index is 12.4. The van der Waals surface area contributed by atoms with Crippen molar-refractivity contribution in [2.24, 2.45) is 0 Å². The molecule has 0 bridgehead atoms. The number of carbonyl (C=O) groups is 2. The lowest BCUT2D eigenvalue weighted by atomic mass is 10.1. The molecule has 2 aromatic rings. The van der Waals surface area contributed by atoms with Crippen LogP contribution in [-0.2, 0) is 0 Å². The number of anilines is 1. The average Bonchev–Trinajstić information content (AvgIpc) is 2.99. The zero-order valence-corrected chi connectivity index (χ0v) is 11.2. The summed E-state index contributed by atoms with van der Waals surface area (Å²) in [5.74, 6) is -0.945. The average molecular weight is 289 g/mol. The molecule has 0 saturated carbocycles. The lowest BCUT2D eigenvalue weighted by Crippen LogP contribution is -2.38. The van der Waals surface area contributed by atoms with E-state index in [4.69, 9.17) is 9.84 Å². The molecule has 3 rings (SSSR count). The molecule has 0 radical (unpaired) electrons. The lowest BCUT2D eigenvalue weighted by molar-refractivity contribution is 0.0690. The van der Waals surface area contributed by atoms with Crippen molar-refractivity contribution in [2.75, 3.05) is 18.1 Å². The van der Waals surface area contributed by atoms with Crippen LogP contribution in [0.3, 0.4) is 0 Å². The van der Waals surface area contributed by atoms with Gasteiger partial charge in [0.05, 0.1) is 17.8 Å². The summed E-state index contributed by atoms with van der Waals surface area (Å²) in [6, 6.07) is 6.54. The molecule has 0 fully saturated rings. The summed E-state index contributed by atoms with van der Waals surface area (Å²) in [4.78, 5) is 25.2. The molecule has 1 amide bonds. The first-order valence-corrected chi connectivity index (χ1v) is 6.96. The molecule has 1 aliphatic rings. The molecule has 2 heterocycles. The van der Waals surface area contributed by atoms with Crippen LogP contribution in [0.1, 0.15) is 20.7 Å². The van der Waals surface area contributed by atoms with Crippen molar-refractivity contribution in [2.45, 2.75) is 0 Å². The van der Waals surface area contributed by atoms with Gasteiger partial charge in [-0.1, -0.05) is 6.07 Å². The molecule has 1 aliphatic heterocycles. The Bertz CT molecular complexity index is 666. The Morgan fingerprint density at radius 1 is 1.30 bits per heavy atom. The van der Waals surface area contributed by atoms with Crippen LogP contribution in [-0.4, -0.2) is 30.1 Å². The number of fused-ring (bicyclic) bond motifs is 1. The molecule has 5 nitrogen and oxygen atoms in total. The number of carbonyl (C=O) groups excluding carboxylic acids is 1. The Hall–Kier alpha value is -2.34. The fourth-order valence-corrected chi connectivity index (χ4v) is 2.80. The second-order valence-electron chi connectivity index (χ2n) is 4.28. The van der Waals surface area contributed by atoms with E-state index >= 15 is 0 Å². The van der Waals surface area contributed by atoms with Crippen LogP contribution in [0, 0.1) is 0 Å². The van der Waals surface area contributed by atoms with Crippen molar-refractivity contribution in [3.8, 4) is 5.75 Å². The highest BCUT2D eigenvalue weighted by Gasteiger charge is 2.28. The molecule has 1 N–H and O–H groups in total. The first kappa shape index (κ1) is 12.7. The molecule has 0 aliphatic carbocycles. The monoisotopic (exact) mass is 289 g/mol. The van der Waals surface area contributed by atoms with E-state index in [-0.39, 0.29) is 23.8 Å². The fraction of sp³-hybridized carbons (Fsp3) is 0.143. The van der Waals surface area contributed by atoms with Gasteiger partial charge in [0.15, 0.2) is 5.75 Å². The molecule has 0 spiro atoms. The summed E-state index contributed by atoms with van der Waals surface area (Å²) >= 11 is 1.45. The lowest BCUT2D eigenvalue weighted by Gasteiger charge is -2.30. The zero-order valence-electron chi connectivity index (χ0n) is 10.4. The molecule has 20 heavy (non-hydrogen) atoms. The van der Waals surface area contributed by atoms with Gasteiger partial charge in [-0.3, -0.25) is 4.79 Å². The Labute approximate surface area is 119 Å². The number of rotatable bonds is 2. The maximum absolute atomic E-state index is 12.4. The number of para-hydroxylation sites is 1. The first-order chi connectivity index (χ1) is 9.68. The number of ether oxygens (including phenoxy) is 1. The van der Waals surface area contributed by atoms with E-state index in [1.165, 1.54) is 17.4 Å². The molecular formula is C14H11NO4S. The van der Waals surface area contributed by atoms with E-state index in [1.807, 2.05) is 5.38 Å². The smallest absolute Gasteiger partial charge is 0.339 e. The number of carboxylic acid groups (broad SMARTS) is 1. The van der Waals surface area contributed by atoms with Gasteiger partial charge in [-0.25, -0.2) is 4.79 Å². The largest absolute Gasteiger partial charge is 0.489 e. The van der Waals surface area contributed by atoms with Crippen molar-refractivity contribution in [3.05, 3.63) is 46.2 Å². The summed E-state index contributed by atoms with van der Waals surface area (Å²) < 4.78 is 5.44. The molecular weight excluding hydrogens is 278 g/mol. The normalized spacial score (nSPS) is 13.5. The summed E-state index contributed by atoms with van der Waals surface area (Å²) in [6.45, 7) is 0.692. The number of benzene rings is 1. The Morgan fingerprint density at radius 3 is 2.85 bits per heavy atom. The fourth-order valence-electron chi connectivity index (χ4n) is 2.17. The third-order valence-electron chi connectivity index (χ3n) is 3.09. The van der Waals surface area contributed by atoms with Crippen LogP contribution in [0.4, 0.5) is 5.69 Å². The predicted octanol–water partition coefficient (Wildman–Crippen LogP) is 2.49. The van der Waals surface area contributed by atoms with Gasteiger partial charge in [-0.2, -0.15) is 11.3 Å². The highest BCUT2D eigenvalue weighted by atomic mass is 32.1. The van der Waals surface area contributed by atoms with Gasteiger partial charge in [-0.05, 0) is 23.6 Å². The summed E-state index contributed by atoms with van der Waals surface area (Å²) in [6.07, 6.45) is 0. The quantitative estimate of drug-likeness (QED) is 0.922. The minimum Gasteiger partial charge on any atom is -0.489 e. The Morgan fingerprint density at radius 2 is 2.15 bits per heavy atom. The Kier molecular flexibility index (Phi) is 3.15. The number of carboxylic acids is 1. The third kappa shape index (κ3) is 2.04. The van der Waals surface area contributed by atoms with Gasteiger partial charge in [0, 0.05) is 5.38 Å². The van der Waals surface area contributed by atoms with Gasteiger partial charge in [0.25, 0.3) is 5.91 Å². The molecule has 1 aromatic heterocycles. The summed E-state index contributed by atoms with van der Waals surface area (Å²) in [5.41, 5.74) is 1.18. The van der Waals surface area contributed by atoms with Gasteiger partial charge in [0.1, 0.15) is 12.2 Å². The van der Waals surface area contributed by atoms with Gasteiger partial charge in [0.2, 0.25) is 0 Å². The Balaban J connectivity index is 2.05. The third-order valence-corrected chi connectivity index (χ3v) is 3.77. The van der Waals surface area contributed by atoms with Crippen molar-refractivity contribution in [1.82, 2.24) is 0 Å². The molecule has 6 heteroatoms. The number of hydrogen-bond donors (Lipinski definition) is 1. The van der Waals surface area contributed by atoms with Crippen LogP contribution in [0.25, 0.3) is 0 Å². The van der Waals surface area contributed by atoms with E-state index in [0.29, 0.717) is 17.8 Å². The SMILES string of the molecule is O=C(O)c1cccc2c1OCCN2C(=O)c1ccsc1. The number of nitrogens with zero attached hydrogens (tertiary/aromatic N) is 1. The standard InChI is InChI=1S/C14H11NO4S/c16-13(9-4-7-20-8-9)15-5-6-19-12-10(14(17)18)2-1-3-11(12)15/h1-4,7-8H,5-6H2,(H,17,18). The van der Waals surface area contributed by atoms with E-state index in [9.17, 15) is 9.59 Å². The van der Waals surface area contributed by atoms with Crippen molar-refractivity contribution < 1.29 is 19.4 Å². The van der Waals surface area contributed by atoms with E-state index in [2.05, 4.69) is 0 Å². The van der Waals surface area contributed by atoms with E-state index in [1.54, 1.807) is 28.5 Å². The van der Waals surface area contributed by atoms with Crippen LogP contribution in [0.5, 0.6) is 5.75 Å². The van der Waals surface area contributed by atoms with Crippen molar-refractivity contribution >= 4 is 28.9 Å². The predicted molar refractivity (Wildman–Crippen MR) is 74.9 cm³/mol. The molecule has 0 saturated heterocycles. The minimum atomic E-state index is -1.06. The highest BCUT2D eigenvalue weighted by Crippen LogP contribution is 2.35. The number of thiophene rings is 1. The van der Waals surface area contributed by atoms with E-state index in [0.717, 1.165) is 0 Å². The van der Waals surface area contributed by atoms with Crippen molar-refractivity contribution in [1.29, 1.82) is 0 Å². The molecule has 1 aromatic carbocycles. The topological polar surface area (TPSA) is 66.8 Å². The van der Waals surface area contributed by atoms with Crippen LogP contribution >= 0.6 is 11.3 Å². The van der Waals surface area contributed by atoms with Gasteiger partial charge >= 0.3 is 5.97 Å². The molecule has 0 unspecified atom stereocenters. The second kappa shape index (κ2) is 4.97. The first-order valence-electron chi connectivity index (χ1n) is 6.01. The van der Waals surface area contributed by atoms with Crippen LogP contribution in [0.15, 0.2) is 35.0 Å². The van der Waals surface area contributed by atoms with Crippen molar-refractivity contribution in [3.63, 3.8) is 0 Å². The maximum Gasteiger partial charge on any atom is 0.339 e. The van der Waals surface area contributed by atoms with Gasteiger partial charge < -0.3 is 14.7 Å². The zero-order chi connectivity index (χ0) is 14.1. The van der Waals surface area contributed by atoms with Crippen LogP contribution in [0.2, 0.25) is 0 Å². The van der Waals surface area contributed by atoms with Gasteiger partial charge in [-0.15, -0.1) is 0 Å².